The highest BCUT2D eigenvalue weighted by molar-refractivity contribution is 5.88. The molecule has 0 bridgehead atoms. The number of nitrogens with zero attached hydrogens (tertiary/aromatic N) is 3. The fraction of sp³-hybridized carbons (Fsp3) is 0.278. The van der Waals surface area contributed by atoms with Crippen molar-refractivity contribution in [2.75, 3.05) is 12.0 Å². The van der Waals surface area contributed by atoms with Gasteiger partial charge in [-0.05, 0) is 24.3 Å². The molecular formula is C18H20N4O4. The molecule has 2 aromatic rings. The highest BCUT2D eigenvalue weighted by atomic mass is 16.6. The van der Waals surface area contributed by atoms with E-state index in [-0.39, 0.29) is 5.84 Å². The maximum absolute atomic E-state index is 10.2. The lowest BCUT2D eigenvalue weighted by molar-refractivity contribution is -0.0101. The number of ether oxygens (including phenoxy) is 1. The second kappa shape index (κ2) is 8.63. The zero-order chi connectivity index (χ0) is 18.4. The van der Waals surface area contributed by atoms with Gasteiger partial charge in [-0.1, -0.05) is 36.4 Å². The summed E-state index contributed by atoms with van der Waals surface area (Å²) in [5, 5.41) is 41.8. The summed E-state index contributed by atoms with van der Waals surface area (Å²) in [6.45, 7) is -0.427. The van der Waals surface area contributed by atoms with Crippen LogP contribution < -0.4 is 5.43 Å². The monoisotopic (exact) mass is 356 g/mol. The second-order valence-electron chi connectivity index (χ2n) is 5.74. The van der Waals surface area contributed by atoms with Gasteiger partial charge in [0.1, 0.15) is 24.4 Å². The molecule has 0 aliphatic carbocycles. The Kier molecular flexibility index (Phi) is 6.03. The average Bonchev–Trinajstić information content (AvgIpc) is 2.98. The fourth-order valence-electron chi connectivity index (χ4n) is 2.49. The maximum Gasteiger partial charge on any atom is 0.202 e. The number of hydrogen-bond donors (Lipinski definition) is 4. The van der Waals surface area contributed by atoms with E-state index < -0.39 is 31.0 Å². The van der Waals surface area contributed by atoms with Crippen molar-refractivity contribution in [1.29, 1.82) is 0 Å². The van der Waals surface area contributed by atoms with Gasteiger partial charge in [0.2, 0.25) is 5.84 Å². The van der Waals surface area contributed by atoms with Crippen molar-refractivity contribution < 1.29 is 20.1 Å². The maximum atomic E-state index is 10.2. The van der Waals surface area contributed by atoms with Crippen molar-refractivity contribution in [3.8, 4) is 0 Å². The smallest absolute Gasteiger partial charge is 0.202 e. The molecule has 1 heterocycles. The van der Waals surface area contributed by atoms with Crippen LogP contribution in [0.5, 0.6) is 0 Å². The highest BCUT2D eigenvalue weighted by Gasteiger charge is 2.45. The number of hydrazone groups is 1. The molecule has 26 heavy (non-hydrogen) atoms. The molecule has 1 aliphatic heterocycles. The molecule has 3 rings (SSSR count). The van der Waals surface area contributed by atoms with Gasteiger partial charge in [0.15, 0.2) is 0 Å². The van der Waals surface area contributed by atoms with Crippen molar-refractivity contribution in [2.24, 2.45) is 15.3 Å². The summed E-state index contributed by atoms with van der Waals surface area (Å²) < 4.78 is 5.50. The number of azo groups is 1. The lowest BCUT2D eigenvalue weighted by Gasteiger charge is -2.13. The van der Waals surface area contributed by atoms with Crippen LogP contribution in [0.2, 0.25) is 0 Å². The summed E-state index contributed by atoms with van der Waals surface area (Å²) in [5.74, 6) is 0.0557. The molecule has 0 amide bonds. The van der Waals surface area contributed by atoms with Gasteiger partial charge < -0.3 is 20.1 Å². The minimum Gasteiger partial charge on any atom is -0.394 e. The first-order chi connectivity index (χ1) is 12.7. The third-order valence-corrected chi connectivity index (χ3v) is 3.89. The highest BCUT2D eigenvalue weighted by Crippen LogP contribution is 2.24. The minimum atomic E-state index is -1.28. The lowest BCUT2D eigenvalue weighted by atomic mass is 10.1. The van der Waals surface area contributed by atoms with Gasteiger partial charge in [0.25, 0.3) is 0 Å². The molecule has 0 aromatic heterocycles. The van der Waals surface area contributed by atoms with Gasteiger partial charge in [-0.25, -0.2) is 0 Å². The van der Waals surface area contributed by atoms with Crippen molar-refractivity contribution in [1.82, 2.24) is 0 Å². The van der Waals surface area contributed by atoms with Gasteiger partial charge >= 0.3 is 0 Å². The van der Waals surface area contributed by atoms with Gasteiger partial charge in [-0.15, -0.1) is 10.2 Å². The summed E-state index contributed by atoms with van der Waals surface area (Å²) >= 11 is 0. The molecule has 0 saturated carbocycles. The van der Waals surface area contributed by atoms with Gasteiger partial charge in [0, 0.05) is 0 Å². The number of rotatable bonds is 5. The molecule has 4 unspecified atom stereocenters. The van der Waals surface area contributed by atoms with E-state index in [1.165, 1.54) is 0 Å². The number of anilines is 1. The van der Waals surface area contributed by atoms with Crippen molar-refractivity contribution in [3.05, 3.63) is 60.7 Å². The van der Waals surface area contributed by atoms with E-state index in [2.05, 4.69) is 20.8 Å². The van der Waals surface area contributed by atoms with Crippen LogP contribution >= 0.6 is 0 Å². The van der Waals surface area contributed by atoms with Crippen LogP contribution in [0, 0.1) is 0 Å². The molecule has 4 N–H and O–H groups in total. The zero-order valence-electron chi connectivity index (χ0n) is 13.9. The standard InChI is InChI=1S/C18H20N4O4/c23-11-14-15(24)16(25)17(26-14)18(21-19-12-7-3-1-4-8-12)22-20-13-9-5-2-6-10-13/h1-10,14-17,19,23-25H,11H2/b21-18-,22-20?. The first kappa shape index (κ1) is 18.2. The van der Waals surface area contributed by atoms with Crippen LogP contribution in [0.4, 0.5) is 11.4 Å². The predicted octanol–water partition coefficient (Wildman–Crippen LogP) is 1.68. The summed E-state index contributed by atoms with van der Waals surface area (Å²) in [5.41, 5.74) is 4.14. The molecule has 8 nitrogen and oxygen atoms in total. The third kappa shape index (κ3) is 4.30. The van der Waals surface area contributed by atoms with E-state index >= 15 is 0 Å². The predicted molar refractivity (Wildman–Crippen MR) is 96.2 cm³/mol. The molecule has 2 aromatic carbocycles. The van der Waals surface area contributed by atoms with Crippen molar-refractivity contribution in [2.45, 2.75) is 24.4 Å². The van der Waals surface area contributed by atoms with Crippen LogP contribution in [0.1, 0.15) is 0 Å². The fourth-order valence-corrected chi connectivity index (χ4v) is 2.49. The topological polar surface area (TPSA) is 119 Å². The first-order valence-electron chi connectivity index (χ1n) is 8.17. The molecule has 8 heteroatoms. The lowest BCUT2D eigenvalue weighted by Crippen LogP contribution is -2.36. The second-order valence-corrected chi connectivity index (χ2v) is 5.74. The number of para-hydroxylation sites is 1. The van der Waals surface area contributed by atoms with E-state index in [0.717, 1.165) is 0 Å². The Balaban J connectivity index is 1.85. The number of amidine groups is 1. The molecule has 4 atom stereocenters. The molecule has 1 saturated heterocycles. The van der Waals surface area contributed by atoms with Crippen LogP contribution in [0.25, 0.3) is 0 Å². The molecule has 1 fully saturated rings. The van der Waals surface area contributed by atoms with Crippen LogP contribution in [0.15, 0.2) is 76.0 Å². The minimum absolute atomic E-state index is 0.0557. The van der Waals surface area contributed by atoms with E-state index in [4.69, 9.17) is 4.74 Å². The molecule has 0 spiro atoms. The van der Waals surface area contributed by atoms with Crippen LogP contribution in [-0.4, -0.2) is 52.2 Å². The number of aliphatic hydroxyl groups is 3. The van der Waals surface area contributed by atoms with E-state index in [1.807, 2.05) is 48.5 Å². The quantitative estimate of drug-likeness (QED) is 0.281. The SMILES string of the molecule is OCC1OC(/C(N=Nc2ccccc2)=N/Nc2ccccc2)C(O)C1O. The molecular weight excluding hydrogens is 336 g/mol. The summed E-state index contributed by atoms with van der Waals surface area (Å²) in [4.78, 5) is 0. The van der Waals surface area contributed by atoms with Crippen LogP contribution in [-0.2, 0) is 4.74 Å². The number of nitrogens with one attached hydrogen (secondary N) is 1. The van der Waals surface area contributed by atoms with Crippen LogP contribution in [0.3, 0.4) is 0 Å². The number of aliphatic hydroxyl groups excluding tert-OH is 3. The third-order valence-electron chi connectivity index (χ3n) is 3.89. The Hall–Kier alpha value is -2.65. The molecule has 136 valence electrons. The largest absolute Gasteiger partial charge is 0.394 e. The Morgan fingerprint density at radius 1 is 0.962 bits per heavy atom. The van der Waals surface area contributed by atoms with E-state index in [1.54, 1.807) is 12.1 Å². The first-order valence-corrected chi connectivity index (χ1v) is 8.17. The zero-order valence-corrected chi connectivity index (χ0v) is 13.9. The van der Waals surface area contributed by atoms with Gasteiger partial charge in [0.05, 0.1) is 18.0 Å². The Morgan fingerprint density at radius 3 is 2.23 bits per heavy atom. The Labute approximate surface area is 150 Å². The van der Waals surface area contributed by atoms with E-state index in [9.17, 15) is 15.3 Å². The van der Waals surface area contributed by atoms with Crippen molar-refractivity contribution >= 4 is 17.2 Å². The van der Waals surface area contributed by atoms with Gasteiger partial charge in [-0.3, -0.25) is 5.43 Å². The Bertz CT molecular complexity index is 754. The Morgan fingerprint density at radius 2 is 1.62 bits per heavy atom. The summed E-state index contributed by atoms with van der Waals surface area (Å²) in [6.07, 6.45) is -4.45. The van der Waals surface area contributed by atoms with E-state index in [0.29, 0.717) is 11.4 Å². The number of benzene rings is 2. The summed E-state index contributed by atoms with van der Waals surface area (Å²) in [7, 11) is 0. The normalized spacial score (nSPS) is 26.3. The van der Waals surface area contributed by atoms with Crippen molar-refractivity contribution in [3.63, 3.8) is 0 Å². The summed E-state index contributed by atoms with van der Waals surface area (Å²) in [6, 6.07) is 18.2. The number of hydrogen-bond acceptors (Lipinski definition) is 7. The van der Waals surface area contributed by atoms with Gasteiger partial charge in [-0.2, -0.15) is 5.10 Å². The molecule has 1 aliphatic rings. The average molecular weight is 356 g/mol. The molecule has 0 radical (unpaired) electrons.